The Morgan fingerprint density at radius 2 is 1.45 bits per heavy atom. The fourth-order valence-corrected chi connectivity index (χ4v) is 2.91. The van der Waals surface area contributed by atoms with Crippen LogP contribution in [0.4, 0.5) is 39.5 Å². The third kappa shape index (κ3) is 11.4. The molecule has 3 rings (SSSR count). The van der Waals surface area contributed by atoms with Crippen molar-refractivity contribution in [2.75, 3.05) is 0 Å². The van der Waals surface area contributed by atoms with Gasteiger partial charge in [-0.2, -0.15) is 31.4 Å². The van der Waals surface area contributed by atoms with E-state index in [4.69, 9.17) is 0 Å². The number of aromatic nitrogens is 3. The molecule has 2 heterocycles. The summed E-state index contributed by atoms with van der Waals surface area (Å²) < 4.78 is 117. The molecule has 0 N–H and O–H groups in total. The van der Waals surface area contributed by atoms with Gasteiger partial charge in [-0.05, 0) is 11.8 Å². The molecule has 0 spiro atoms. The Bertz CT molecular complexity index is 1150. The molecular weight excluding hydrogens is 737 g/mol. The first-order valence-corrected chi connectivity index (χ1v) is 11.2. The maximum Gasteiger partial charge on any atom is 3.00 e. The van der Waals surface area contributed by atoms with Crippen LogP contribution < -0.4 is 4.74 Å². The molecule has 40 heavy (non-hydrogen) atoms. The quantitative estimate of drug-likeness (QED) is 0.180. The van der Waals surface area contributed by atoms with Gasteiger partial charge in [0.1, 0.15) is 5.69 Å². The second kappa shape index (κ2) is 14.3. The van der Waals surface area contributed by atoms with Gasteiger partial charge in [0.2, 0.25) is 0 Å². The van der Waals surface area contributed by atoms with Crippen LogP contribution in [0.2, 0.25) is 0 Å². The number of rotatable bonds is 7. The molecule has 2 aromatic heterocycles. The van der Waals surface area contributed by atoms with Gasteiger partial charge in [0.15, 0.2) is 5.69 Å². The third-order valence-corrected chi connectivity index (χ3v) is 4.36. The second-order valence-corrected chi connectivity index (χ2v) is 8.39. The normalized spacial score (nSPS) is 12.3. The number of benzene rings is 1. The Hall–Kier alpha value is -2.68. The maximum absolute atomic E-state index is 13.0. The number of alkyl halides is 9. The van der Waals surface area contributed by atoms with Gasteiger partial charge < -0.3 is 20.4 Å². The van der Waals surface area contributed by atoms with Crippen molar-refractivity contribution in [1.82, 2.24) is 14.8 Å². The summed E-state index contributed by atoms with van der Waals surface area (Å²) in [4.78, 5) is 4.06. The van der Waals surface area contributed by atoms with Crippen molar-refractivity contribution >= 4 is 0 Å². The molecule has 0 saturated carbocycles. The van der Waals surface area contributed by atoms with E-state index >= 15 is 0 Å². The molecule has 6 nitrogen and oxygen atoms in total. The van der Waals surface area contributed by atoms with Crippen molar-refractivity contribution in [3.8, 4) is 17.0 Å². The molecule has 0 aliphatic heterocycles. The Labute approximate surface area is 237 Å². The van der Waals surface area contributed by atoms with Crippen LogP contribution in [0.3, 0.4) is 0 Å². The van der Waals surface area contributed by atoms with Gasteiger partial charge in [-0.15, -0.1) is 61.4 Å². The van der Waals surface area contributed by atoms with E-state index in [1.165, 1.54) is 12.1 Å². The molecule has 0 aliphatic rings. The first-order chi connectivity index (χ1) is 17.9. The summed E-state index contributed by atoms with van der Waals surface area (Å²) in [6.45, 7) is 6.35. The minimum Gasteiger partial charge on any atom is -0.657 e. The summed E-state index contributed by atoms with van der Waals surface area (Å²) in [5, 5.41) is 10.9. The summed E-state index contributed by atoms with van der Waals surface area (Å²) in [7, 11) is 0. The summed E-state index contributed by atoms with van der Waals surface area (Å²) in [5.41, 5.74) is -1.90. The fraction of sp³-hybridized carbons (Fsp3) is 0.417. The van der Waals surface area contributed by atoms with E-state index in [0.717, 1.165) is 6.07 Å². The molecule has 222 valence electrons. The van der Waals surface area contributed by atoms with E-state index in [1.54, 1.807) is 52.1 Å². The molecular formula is C24H23F9IrN5O. The Kier molecular flexibility index (Phi) is 12.6. The van der Waals surface area contributed by atoms with E-state index in [2.05, 4.69) is 31.5 Å². The van der Waals surface area contributed by atoms with E-state index in [9.17, 15) is 39.5 Å². The molecule has 0 amide bonds. The van der Waals surface area contributed by atoms with Crippen molar-refractivity contribution in [2.24, 2.45) is 0 Å². The number of hydrogen-bond acceptors (Lipinski definition) is 3. The van der Waals surface area contributed by atoms with Crippen molar-refractivity contribution in [3.63, 3.8) is 0 Å². The number of nitrogens with zero attached hydrogens (tertiary/aromatic N) is 5. The van der Waals surface area contributed by atoms with Crippen LogP contribution in [-0.2, 0) is 32.5 Å². The number of halogens is 9. The van der Waals surface area contributed by atoms with Gasteiger partial charge in [-0.3, -0.25) is 4.68 Å². The van der Waals surface area contributed by atoms with Crippen LogP contribution in [0, 0.1) is 6.07 Å². The molecule has 0 bridgehead atoms. The fourth-order valence-electron chi connectivity index (χ4n) is 2.91. The average Bonchev–Trinajstić information content (AvgIpc) is 3.26. The molecule has 16 heteroatoms. The maximum atomic E-state index is 13.0. The van der Waals surface area contributed by atoms with Crippen molar-refractivity contribution in [1.29, 1.82) is 0 Å². The van der Waals surface area contributed by atoms with Crippen LogP contribution >= 0.6 is 0 Å². The number of ether oxygens (including phenoxy) is 1. The van der Waals surface area contributed by atoms with Crippen LogP contribution in [0.1, 0.15) is 45.4 Å². The van der Waals surface area contributed by atoms with Crippen molar-refractivity contribution in [3.05, 3.63) is 76.7 Å². The zero-order valence-electron chi connectivity index (χ0n) is 21.2. The van der Waals surface area contributed by atoms with Gasteiger partial charge in [-0.1, -0.05) is 39.8 Å². The molecule has 0 radical (unpaired) electrons. The van der Waals surface area contributed by atoms with E-state index in [-0.39, 0.29) is 36.6 Å². The van der Waals surface area contributed by atoms with Crippen LogP contribution in [0.5, 0.6) is 5.75 Å². The minimum atomic E-state index is -4.99. The monoisotopic (exact) mass is 761 g/mol. The van der Waals surface area contributed by atoms with E-state index < -0.39 is 48.5 Å². The zero-order chi connectivity index (χ0) is 29.6. The standard InChI is InChI=1S/C12H16F6N4.C12H7F3NO.Ir/c1-6(2)19-10(20-7(3)4)22-9(12(16,17)18)5-8(21-22)11(13,14)15;13-12(14,15)17-10-6-4-9(5-7-10)11-3-1-2-8-16-11;/h5-7,10H,1-4H3;1-4,6-8H;/q-2;-1;+3. The predicted octanol–water partition coefficient (Wildman–Crippen LogP) is 8.39. The molecule has 0 aliphatic carbocycles. The van der Waals surface area contributed by atoms with E-state index in [0.29, 0.717) is 11.3 Å². The summed E-state index contributed by atoms with van der Waals surface area (Å²) >= 11 is 0. The summed E-state index contributed by atoms with van der Waals surface area (Å²) in [6, 6.07) is 10.9. The molecule has 1 aromatic carbocycles. The van der Waals surface area contributed by atoms with E-state index in [1.807, 2.05) is 0 Å². The Morgan fingerprint density at radius 1 is 0.850 bits per heavy atom. The predicted molar refractivity (Wildman–Crippen MR) is 123 cm³/mol. The molecule has 3 aromatic rings. The van der Waals surface area contributed by atoms with Gasteiger partial charge in [0, 0.05) is 18.0 Å². The van der Waals surface area contributed by atoms with Crippen LogP contribution in [0.15, 0.2) is 48.7 Å². The molecule has 0 unspecified atom stereocenters. The Morgan fingerprint density at radius 3 is 1.85 bits per heavy atom. The second-order valence-electron chi connectivity index (χ2n) is 8.39. The first-order valence-electron chi connectivity index (χ1n) is 11.2. The molecule has 0 saturated heterocycles. The SMILES string of the molecule is CC(C)[N-]C([N-]C(C)C)n1nc(C(F)(F)F)cc1C(F)(F)F.FC(F)(F)Oc1c[c-]c(-c2ccccn2)cc1.[Ir+3]. The van der Waals surface area contributed by atoms with Gasteiger partial charge in [0.05, 0.1) is 0 Å². The molecule has 0 fully saturated rings. The van der Waals surface area contributed by atoms with Gasteiger partial charge >= 0.3 is 38.8 Å². The largest absolute Gasteiger partial charge is 3.00 e. The number of pyridine rings is 1. The van der Waals surface area contributed by atoms with Crippen molar-refractivity contribution in [2.45, 2.75) is 64.8 Å². The minimum absolute atomic E-state index is 0. The van der Waals surface area contributed by atoms with Crippen LogP contribution in [0.25, 0.3) is 21.9 Å². The topological polar surface area (TPSA) is 68.1 Å². The number of hydrogen-bond donors (Lipinski definition) is 0. The zero-order valence-corrected chi connectivity index (χ0v) is 23.6. The molecule has 0 atom stereocenters. The third-order valence-electron chi connectivity index (χ3n) is 4.36. The summed E-state index contributed by atoms with van der Waals surface area (Å²) in [5.74, 6) is -0.294. The first kappa shape index (κ1) is 35.3. The smallest absolute Gasteiger partial charge is 0.657 e. The van der Waals surface area contributed by atoms with Gasteiger partial charge in [-0.25, -0.2) is 0 Å². The van der Waals surface area contributed by atoms with Crippen LogP contribution in [-0.4, -0.2) is 33.2 Å². The Balaban J connectivity index is 0.000000401. The van der Waals surface area contributed by atoms with Crippen molar-refractivity contribution < 1.29 is 64.4 Å². The van der Waals surface area contributed by atoms with Gasteiger partial charge in [0.25, 0.3) is 0 Å². The summed E-state index contributed by atoms with van der Waals surface area (Å²) in [6.07, 6.45) is -14.5. The average molecular weight is 761 g/mol.